The van der Waals surface area contributed by atoms with Gasteiger partial charge in [0, 0.05) is 14.2 Å². The second kappa shape index (κ2) is 56.4. The third-order valence-electron chi connectivity index (χ3n) is 18.5. The van der Waals surface area contributed by atoms with Crippen molar-refractivity contribution in [1.29, 1.82) is 0 Å². The van der Waals surface area contributed by atoms with Gasteiger partial charge in [-0.15, -0.1) is 0 Å². The number of rotatable bonds is 16. The van der Waals surface area contributed by atoms with Crippen molar-refractivity contribution in [2.75, 3.05) is 47.3 Å². The van der Waals surface area contributed by atoms with Gasteiger partial charge in [-0.2, -0.15) is 0 Å². The molecule has 638 valence electrons. The molecule has 17 N–H and O–H groups in total. The van der Waals surface area contributed by atoms with E-state index in [9.17, 15) is 86.5 Å². The molecule has 22 fully saturated rings. The van der Waals surface area contributed by atoms with Crippen LogP contribution in [0.1, 0.15) is 189 Å². The zero-order chi connectivity index (χ0) is 82.9. The minimum Gasteiger partial charge on any atom is -0.400 e. The highest BCUT2D eigenvalue weighted by molar-refractivity contribution is 5.67. The first-order valence-corrected chi connectivity index (χ1v) is 38.9. The van der Waals surface area contributed by atoms with Crippen LogP contribution in [0.15, 0.2) is 58.7 Å². The second-order valence-corrected chi connectivity index (χ2v) is 26.7. The SMILES string of the molecule is CC.CC.CC.CC.CC1=C(/C=C/C(C)=C/C=C/C(C)=C/C=O)C(C)(C)CCC1.CCCC.CCCC1OC2OC3C(COC)OC(OC4C(CO)OC(OC5C(CO)OC(OC6C(CO)OC(OC7C(CO)OC(OC1C(O)C2O)C(O)C7O)C(O)C6O)C(O)C5O)C(O)C4O)C(O)C3O.CCCCC.CO. The fourth-order valence-electron chi connectivity index (χ4n) is 12.6. The number of hydrogen-bond acceptors (Lipinski definition) is 31. The number of aliphatic hydroxyl groups is 17. The van der Waals surface area contributed by atoms with Gasteiger partial charge in [-0.25, -0.2) is 0 Å². The number of methoxy groups -OCH3 is 1. The van der Waals surface area contributed by atoms with Gasteiger partial charge >= 0.3 is 0 Å². The van der Waals surface area contributed by atoms with E-state index in [4.69, 9.17) is 66.7 Å². The molecule has 23 aliphatic rings. The molecule has 23 rings (SSSR count). The first-order valence-electron chi connectivity index (χ1n) is 38.9. The van der Waals surface area contributed by atoms with Crippen LogP contribution < -0.4 is 0 Å². The number of hydrogen-bond donors (Lipinski definition) is 17. The molecule has 22 saturated heterocycles. The van der Waals surface area contributed by atoms with Crippen LogP contribution in [-0.4, -0.2) is 325 Å². The molecule has 0 saturated carbocycles. The Labute approximate surface area is 641 Å². The number of carbonyl (C=O) groups is 1. The molecule has 0 radical (unpaired) electrons. The van der Waals surface area contributed by atoms with Crippen molar-refractivity contribution in [1.82, 2.24) is 0 Å². The van der Waals surface area contributed by atoms with E-state index < -0.39 is 211 Å². The summed E-state index contributed by atoms with van der Waals surface area (Å²) in [4.78, 5) is 10.3. The summed E-state index contributed by atoms with van der Waals surface area (Å²) in [5, 5.41) is 184. The molecular weight excluding hydrogens is 1420 g/mol. The average molecular weight is 1570 g/mol. The molecule has 0 aromatic carbocycles. The summed E-state index contributed by atoms with van der Waals surface area (Å²) in [6, 6.07) is 0. The van der Waals surface area contributed by atoms with Crippen molar-refractivity contribution in [3.63, 3.8) is 0 Å². The second-order valence-electron chi connectivity index (χ2n) is 26.7. The molecule has 12 bridgehead atoms. The highest BCUT2D eigenvalue weighted by Crippen LogP contribution is 2.42. The Morgan fingerprint density at radius 3 is 0.963 bits per heavy atom. The topological polar surface area (TPSA) is 481 Å². The monoisotopic (exact) mass is 1560 g/mol. The van der Waals surface area contributed by atoms with E-state index in [-0.39, 0.29) is 18.4 Å². The van der Waals surface area contributed by atoms with Gasteiger partial charge in [-0.1, -0.05) is 184 Å². The van der Waals surface area contributed by atoms with Crippen LogP contribution in [0.3, 0.4) is 0 Å². The van der Waals surface area contributed by atoms with Crippen LogP contribution in [0, 0.1) is 5.41 Å². The van der Waals surface area contributed by atoms with Gasteiger partial charge in [0.05, 0.1) is 39.1 Å². The molecule has 22 aliphatic heterocycles. The molecule has 30 unspecified atom stereocenters. The van der Waals surface area contributed by atoms with Gasteiger partial charge in [0.15, 0.2) is 37.7 Å². The van der Waals surface area contributed by atoms with Crippen LogP contribution in [-0.2, 0) is 66.4 Å². The Hall–Kier alpha value is -2.83. The van der Waals surface area contributed by atoms with E-state index in [0.717, 1.165) is 19.0 Å². The summed E-state index contributed by atoms with van der Waals surface area (Å²) in [7, 11) is 2.25. The molecule has 0 spiro atoms. The van der Waals surface area contributed by atoms with Crippen molar-refractivity contribution >= 4 is 6.29 Å². The van der Waals surface area contributed by atoms with Crippen LogP contribution in [0.4, 0.5) is 0 Å². The lowest BCUT2D eigenvalue weighted by Crippen LogP contribution is -2.69. The van der Waals surface area contributed by atoms with Gasteiger partial charge in [0.25, 0.3) is 0 Å². The van der Waals surface area contributed by atoms with Crippen LogP contribution >= 0.6 is 0 Å². The molecule has 0 aromatic heterocycles. The molecule has 31 nitrogen and oxygen atoms in total. The third kappa shape index (κ3) is 30.1. The van der Waals surface area contributed by atoms with E-state index in [1.165, 1.54) is 75.2 Å². The molecule has 108 heavy (non-hydrogen) atoms. The predicted molar refractivity (Wildman–Crippen MR) is 400 cm³/mol. The van der Waals surface area contributed by atoms with Gasteiger partial charge in [0.1, 0.15) is 147 Å². The van der Waals surface area contributed by atoms with Crippen molar-refractivity contribution in [2.24, 2.45) is 5.41 Å². The minimum atomic E-state index is -2.12. The van der Waals surface area contributed by atoms with Crippen molar-refractivity contribution in [3.05, 3.63) is 58.7 Å². The van der Waals surface area contributed by atoms with E-state index in [1.807, 2.05) is 74.5 Å². The summed E-state index contributed by atoms with van der Waals surface area (Å²) in [5.74, 6) is 0. The highest BCUT2D eigenvalue weighted by atomic mass is 16.8. The summed E-state index contributed by atoms with van der Waals surface area (Å²) in [6.07, 6.45) is -31.5. The lowest BCUT2D eigenvalue weighted by atomic mass is 9.72. The summed E-state index contributed by atoms with van der Waals surface area (Å²) < 4.78 is 75.0. The fraction of sp³-hybridized carbons (Fsp3) is 0.857. The molecular formula is C77H144O31. The van der Waals surface area contributed by atoms with Gasteiger partial charge in [-0.3, -0.25) is 4.79 Å². The number of aldehydes is 1. The fourth-order valence-corrected chi connectivity index (χ4v) is 12.6. The quantitative estimate of drug-likeness (QED) is 0.0600. The Bertz CT molecular complexity index is 2450. The predicted octanol–water partition coefficient (Wildman–Crippen LogP) is 2.84. The number of ether oxygens (including phenoxy) is 13. The first-order chi connectivity index (χ1) is 51.6. The normalized spacial score (nSPS) is 39.0. The van der Waals surface area contributed by atoms with Crippen LogP contribution in [0.5, 0.6) is 0 Å². The smallest absolute Gasteiger partial charge is 0.187 e. The van der Waals surface area contributed by atoms with Gasteiger partial charge < -0.3 is 148 Å². The minimum absolute atomic E-state index is 0.0964. The van der Waals surface area contributed by atoms with Crippen LogP contribution in [0.25, 0.3) is 0 Å². The average Bonchev–Trinajstić information content (AvgIpc) is 0.781. The lowest BCUT2D eigenvalue weighted by Gasteiger charge is -2.51. The van der Waals surface area contributed by atoms with E-state index in [2.05, 4.69) is 73.6 Å². The number of unbranched alkanes of at least 4 members (excludes halogenated alkanes) is 3. The number of allylic oxidation sites excluding steroid dienone is 10. The Kier molecular flexibility index (Phi) is 55.0. The zero-order valence-electron chi connectivity index (χ0n) is 67.8. The van der Waals surface area contributed by atoms with E-state index >= 15 is 0 Å². The maximum atomic E-state index is 11.5. The molecule has 22 heterocycles. The van der Waals surface area contributed by atoms with Gasteiger partial charge in [0.2, 0.25) is 0 Å². The Morgan fingerprint density at radius 2 is 0.704 bits per heavy atom. The molecule has 0 amide bonds. The lowest BCUT2D eigenvalue weighted by molar-refractivity contribution is -0.403. The summed E-state index contributed by atoms with van der Waals surface area (Å²) in [6.45, 7) is 33.3. The molecule has 1 aliphatic carbocycles. The third-order valence-corrected chi connectivity index (χ3v) is 18.5. The van der Waals surface area contributed by atoms with Crippen LogP contribution in [0.2, 0.25) is 0 Å². The Balaban J connectivity index is 0.00000236. The standard InChI is InChI=1S/C39H66O29.C20H28O.C5H12.C4H10.4C2H6.CH4O/c1-3-4-10-28-16(44)22(50)34(57-10)68-33-15(9-56-2)62-39(27(55)21(33)49)67-32-14(8-43)61-38(26(54)20(32)48)66-31-13(7-42)60-37(25(53)19(31)47)65-30-12(6-41)59-36(24(52)18(30)46)64-29-11(5-40)58-35(63-28)23(51)17(29)45;1-16(8-6-9-17(2)13-15-21)11-12-19-18(3)10-7-14-20(19,4)5;1-3-5-4-2;1-3-4-2;5*1-2/h10-55H,3-9H2,1-2H3;6,8-9,11-13,15H,7,10,14H2,1-5H3;3-5H2,1-2H3;3-4H2,1-2H3;4*1-2H3;2H,1H3/b;9-6+,12-11+,16-8+,17-13+;;;;;;;. The zero-order valence-corrected chi connectivity index (χ0v) is 67.8. The maximum Gasteiger partial charge on any atom is 0.187 e. The number of carbonyl (C=O) groups excluding carboxylic acids is 1. The van der Waals surface area contributed by atoms with Crippen molar-refractivity contribution in [3.8, 4) is 0 Å². The van der Waals surface area contributed by atoms with Gasteiger partial charge in [-0.05, 0) is 69.1 Å². The molecule has 30 atom stereocenters. The largest absolute Gasteiger partial charge is 0.400 e. The summed E-state index contributed by atoms with van der Waals surface area (Å²) in [5.41, 5.74) is 5.48. The van der Waals surface area contributed by atoms with E-state index in [1.54, 1.807) is 13.0 Å². The summed E-state index contributed by atoms with van der Waals surface area (Å²) >= 11 is 0. The van der Waals surface area contributed by atoms with Crippen molar-refractivity contribution < 1.29 is 153 Å². The number of aliphatic hydroxyl groups excluding tert-OH is 17. The molecule has 0 aromatic rings. The Morgan fingerprint density at radius 1 is 0.417 bits per heavy atom. The highest BCUT2D eigenvalue weighted by Gasteiger charge is 2.59. The van der Waals surface area contributed by atoms with E-state index in [0.29, 0.717) is 6.42 Å². The van der Waals surface area contributed by atoms with Crippen molar-refractivity contribution in [2.45, 2.75) is 373 Å². The first kappa shape index (κ1) is 105. The maximum absolute atomic E-state index is 11.5. The molecule has 31 heteroatoms.